The second-order valence-corrected chi connectivity index (χ2v) is 4.15. The van der Waals surface area contributed by atoms with E-state index < -0.39 is 0 Å². The van der Waals surface area contributed by atoms with Crippen molar-refractivity contribution >= 4 is 33.4 Å². The van der Waals surface area contributed by atoms with Crippen LogP contribution in [0, 0.1) is 0 Å². The van der Waals surface area contributed by atoms with Crippen molar-refractivity contribution in [3.05, 3.63) is 28.7 Å². The van der Waals surface area contributed by atoms with Gasteiger partial charge >= 0.3 is 0 Å². The predicted molar refractivity (Wildman–Crippen MR) is 66.1 cm³/mol. The summed E-state index contributed by atoms with van der Waals surface area (Å²) in [7, 11) is 1.55. The van der Waals surface area contributed by atoms with Crippen LogP contribution in [0.4, 0.5) is 5.69 Å². The number of nitrogens with one attached hydrogen (secondary N) is 2. The van der Waals surface area contributed by atoms with Crippen LogP contribution in [0.15, 0.2) is 28.7 Å². The maximum Gasteiger partial charge on any atom is 0.224 e. The van der Waals surface area contributed by atoms with E-state index in [0.717, 1.165) is 10.2 Å². The lowest BCUT2D eigenvalue weighted by atomic mass is 10.2. The second kappa shape index (κ2) is 6.27. The molecule has 0 bridgehead atoms. The topological polar surface area (TPSA) is 58.2 Å². The van der Waals surface area contributed by atoms with Gasteiger partial charge in [0.15, 0.2) is 0 Å². The molecule has 0 atom stereocenters. The van der Waals surface area contributed by atoms with Crippen LogP contribution in [0.1, 0.15) is 12.8 Å². The van der Waals surface area contributed by atoms with Crippen molar-refractivity contribution < 1.29 is 9.59 Å². The quantitative estimate of drug-likeness (QED) is 0.888. The van der Waals surface area contributed by atoms with E-state index >= 15 is 0 Å². The van der Waals surface area contributed by atoms with Gasteiger partial charge in [0.1, 0.15) is 0 Å². The third-order valence-corrected chi connectivity index (χ3v) is 2.46. The lowest BCUT2D eigenvalue weighted by Gasteiger charge is -2.05. The number of amides is 2. The average Bonchev–Trinajstić information content (AvgIpc) is 2.26. The Labute approximate surface area is 103 Å². The lowest BCUT2D eigenvalue weighted by molar-refractivity contribution is -0.124. The van der Waals surface area contributed by atoms with Crippen molar-refractivity contribution in [3.8, 4) is 0 Å². The molecule has 2 amide bonds. The Kier molecular flexibility index (Phi) is 4.98. The van der Waals surface area contributed by atoms with E-state index in [1.807, 2.05) is 12.1 Å². The monoisotopic (exact) mass is 284 g/mol. The van der Waals surface area contributed by atoms with Gasteiger partial charge in [-0.05, 0) is 18.2 Å². The van der Waals surface area contributed by atoms with Gasteiger partial charge in [-0.1, -0.05) is 22.0 Å². The van der Waals surface area contributed by atoms with Gasteiger partial charge in [-0.15, -0.1) is 0 Å². The molecule has 0 saturated carbocycles. The molecule has 0 heterocycles. The summed E-state index contributed by atoms with van der Waals surface area (Å²) in [6, 6.07) is 7.30. The molecule has 0 aliphatic rings. The molecule has 16 heavy (non-hydrogen) atoms. The summed E-state index contributed by atoms with van der Waals surface area (Å²) in [5.74, 6) is -0.300. The number of benzene rings is 1. The first-order chi connectivity index (χ1) is 7.61. The van der Waals surface area contributed by atoms with Gasteiger partial charge in [-0.2, -0.15) is 0 Å². The Morgan fingerprint density at radius 2 is 1.94 bits per heavy atom. The smallest absolute Gasteiger partial charge is 0.224 e. The van der Waals surface area contributed by atoms with Crippen molar-refractivity contribution in [2.45, 2.75) is 12.8 Å². The zero-order chi connectivity index (χ0) is 12.0. The Morgan fingerprint density at radius 3 is 2.56 bits per heavy atom. The molecule has 0 saturated heterocycles. The first-order valence-electron chi connectivity index (χ1n) is 4.88. The van der Waals surface area contributed by atoms with Gasteiger partial charge in [-0.3, -0.25) is 9.59 Å². The number of rotatable bonds is 4. The summed E-state index contributed by atoms with van der Waals surface area (Å²) in [5, 5.41) is 5.18. The fraction of sp³-hybridized carbons (Fsp3) is 0.273. The molecule has 1 aromatic rings. The molecule has 86 valence electrons. The minimum Gasteiger partial charge on any atom is -0.359 e. The minimum absolute atomic E-state index is 0.135. The predicted octanol–water partition coefficient (Wildman–Crippen LogP) is 1.91. The highest BCUT2D eigenvalue weighted by Gasteiger charge is 2.05. The molecule has 0 spiro atoms. The molecule has 0 aromatic heterocycles. The molecule has 1 aromatic carbocycles. The molecular formula is C11H13BrN2O2. The second-order valence-electron chi connectivity index (χ2n) is 3.23. The van der Waals surface area contributed by atoms with Gasteiger partial charge in [0, 0.05) is 30.0 Å². The first kappa shape index (κ1) is 12.7. The van der Waals surface area contributed by atoms with Gasteiger partial charge in [0.2, 0.25) is 11.8 Å². The highest BCUT2D eigenvalue weighted by Crippen LogP contribution is 2.15. The Morgan fingerprint density at radius 1 is 1.25 bits per heavy atom. The number of hydrogen-bond donors (Lipinski definition) is 2. The van der Waals surface area contributed by atoms with E-state index in [0.29, 0.717) is 0 Å². The van der Waals surface area contributed by atoms with Gasteiger partial charge in [0.25, 0.3) is 0 Å². The SMILES string of the molecule is CNC(=O)CCC(=O)Nc1cccc(Br)c1. The van der Waals surface area contributed by atoms with Crippen LogP contribution in [0.5, 0.6) is 0 Å². The third-order valence-electron chi connectivity index (χ3n) is 1.97. The maximum absolute atomic E-state index is 11.4. The Hall–Kier alpha value is -1.36. The van der Waals surface area contributed by atoms with E-state index in [1.165, 1.54) is 0 Å². The summed E-state index contributed by atoms with van der Waals surface area (Å²) in [6.07, 6.45) is 0.391. The number of halogens is 1. The number of carbonyl (C=O) groups excluding carboxylic acids is 2. The van der Waals surface area contributed by atoms with Crippen LogP contribution in [-0.2, 0) is 9.59 Å². The van der Waals surface area contributed by atoms with E-state index in [1.54, 1.807) is 19.2 Å². The molecule has 0 aliphatic carbocycles. The molecule has 5 heteroatoms. The fourth-order valence-corrected chi connectivity index (χ4v) is 1.54. The van der Waals surface area contributed by atoms with Gasteiger partial charge in [-0.25, -0.2) is 0 Å². The van der Waals surface area contributed by atoms with Crippen LogP contribution in [0.25, 0.3) is 0 Å². The normalized spacial score (nSPS) is 9.62. The molecule has 1 rings (SSSR count). The minimum atomic E-state index is -0.165. The van der Waals surface area contributed by atoms with E-state index in [2.05, 4.69) is 26.6 Å². The van der Waals surface area contributed by atoms with Crippen LogP contribution < -0.4 is 10.6 Å². The molecule has 0 unspecified atom stereocenters. The highest BCUT2D eigenvalue weighted by atomic mass is 79.9. The zero-order valence-corrected chi connectivity index (χ0v) is 10.5. The van der Waals surface area contributed by atoms with E-state index in [4.69, 9.17) is 0 Å². The van der Waals surface area contributed by atoms with E-state index in [9.17, 15) is 9.59 Å². The summed E-state index contributed by atoms with van der Waals surface area (Å²) < 4.78 is 0.900. The lowest BCUT2D eigenvalue weighted by Crippen LogP contribution is -2.20. The third kappa shape index (κ3) is 4.44. The van der Waals surface area contributed by atoms with Crippen molar-refractivity contribution in [3.63, 3.8) is 0 Å². The molecular weight excluding hydrogens is 272 g/mol. The maximum atomic E-state index is 11.4. The number of hydrogen-bond acceptors (Lipinski definition) is 2. The summed E-state index contributed by atoms with van der Waals surface area (Å²) in [5.41, 5.74) is 0.719. The summed E-state index contributed by atoms with van der Waals surface area (Å²) >= 11 is 3.31. The molecule has 0 aliphatic heterocycles. The molecule has 0 radical (unpaired) electrons. The van der Waals surface area contributed by atoms with Crippen molar-refractivity contribution in [2.24, 2.45) is 0 Å². The van der Waals surface area contributed by atoms with E-state index in [-0.39, 0.29) is 24.7 Å². The van der Waals surface area contributed by atoms with Crippen molar-refractivity contribution in [2.75, 3.05) is 12.4 Å². The Bertz CT molecular complexity index is 393. The molecule has 0 fully saturated rings. The molecule has 4 nitrogen and oxygen atoms in total. The average molecular weight is 285 g/mol. The first-order valence-corrected chi connectivity index (χ1v) is 5.67. The van der Waals surface area contributed by atoms with Gasteiger partial charge < -0.3 is 10.6 Å². The highest BCUT2D eigenvalue weighted by molar-refractivity contribution is 9.10. The fourth-order valence-electron chi connectivity index (χ4n) is 1.14. The summed E-state index contributed by atoms with van der Waals surface area (Å²) in [6.45, 7) is 0. The Balaban J connectivity index is 2.43. The zero-order valence-electron chi connectivity index (χ0n) is 8.92. The number of anilines is 1. The molecule has 2 N–H and O–H groups in total. The van der Waals surface area contributed by atoms with Crippen LogP contribution in [0.2, 0.25) is 0 Å². The van der Waals surface area contributed by atoms with Crippen LogP contribution in [-0.4, -0.2) is 18.9 Å². The largest absolute Gasteiger partial charge is 0.359 e. The number of carbonyl (C=O) groups is 2. The van der Waals surface area contributed by atoms with Crippen molar-refractivity contribution in [1.82, 2.24) is 5.32 Å². The van der Waals surface area contributed by atoms with Crippen LogP contribution in [0.3, 0.4) is 0 Å². The summed E-state index contributed by atoms with van der Waals surface area (Å²) in [4.78, 5) is 22.4. The van der Waals surface area contributed by atoms with Crippen LogP contribution >= 0.6 is 15.9 Å². The standard InChI is InChI=1S/C11H13BrN2O2/c1-13-10(15)5-6-11(16)14-9-4-2-3-8(12)7-9/h2-4,7H,5-6H2,1H3,(H,13,15)(H,14,16). The van der Waals surface area contributed by atoms with Crippen molar-refractivity contribution in [1.29, 1.82) is 0 Å². The van der Waals surface area contributed by atoms with Gasteiger partial charge in [0.05, 0.1) is 0 Å².